The summed E-state index contributed by atoms with van der Waals surface area (Å²) in [6.45, 7) is 10.8. The van der Waals surface area contributed by atoms with E-state index in [0.29, 0.717) is 0 Å². The van der Waals surface area contributed by atoms with Crippen molar-refractivity contribution < 1.29 is 0 Å². The number of halogens is 1. The van der Waals surface area contributed by atoms with Gasteiger partial charge in [-0.15, -0.1) is 0 Å². The van der Waals surface area contributed by atoms with Crippen molar-refractivity contribution in [2.24, 2.45) is 0 Å². The van der Waals surface area contributed by atoms with Crippen molar-refractivity contribution in [1.29, 1.82) is 0 Å². The summed E-state index contributed by atoms with van der Waals surface area (Å²) in [6.07, 6.45) is 0. The van der Waals surface area contributed by atoms with Gasteiger partial charge in [-0.25, -0.2) is 2.90 Å². The van der Waals surface area contributed by atoms with Gasteiger partial charge in [0.15, 0.2) is 0 Å². The third-order valence-corrected chi connectivity index (χ3v) is 2.73. The maximum absolute atomic E-state index is 4.38. The summed E-state index contributed by atoms with van der Waals surface area (Å²) in [5.74, 6) is 0. The Kier molecular flexibility index (Phi) is 2.52. The highest BCUT2D eigenvalue weighted by Crippen LogP contribution is 2.28. The smallest absolute Gasteiger partial charge is 0.0847 e. The Morgan fingerprint density at radius 3 is 1.92 bits per heavy atom. The Hall–Kier alpha value is -0.0600. The molecule has 0 aromatic carbocycles. The molecule has 0 fully saturated rings. The third-order valence-electron chi connectivity index (χ3n) is 2.03. The predicted octanol–water partition coefficient (Wildman–Crippen LogP) is 3.00. The van der Waals surface area contributed by atoms with Gasteiger partial charge in [-0.05, 0) is 19.4 Å². The highest BCUT2D eigenvalue weighted by atomic mass is 127. The first-order chi connectivity index (χ1) is 5.34. The first kappa shape index (κ1) is 10.0. The Bertz CT molecular complexity index is 294. The van der Waals surface area contributed by atoms with Gasteiger partial charge in [-0.3, -0.25) is 0 Å². The molecule has 12 heavy (non-hydrogen) atoms. The molecule has 0 aliphatic carbocycles. The molecule has 0 radical (unpaired) electrons. The topological polar surface area (TPSA) is 17.8 Å². The van der Waals surface area contributed by atoms with E-state index in [-0.39, 0.29) is 5.41 Å². The minimum absolute atomic E-state index is 0.187. The zero-order valence-corrected chi connectivity index (χ0v) is 10.4. The summed E-state index contributed by atoms with van der Waals surface area (Å²) >= 11 is 2.24. The molecule has 1 rings (SSSR count). The van der Waals surface area contributed by atoms with Gasteiger partial charge < -0.3 is 0 Å². The number of hydrogen-bond donors (Lipinski definition) is 0. The fourth-order valence-electron chi connectivity index (χ4n) is 1.41. The molecular weight excluding hydrogens is 263 g/mol. The molecule has 2 nitrogen and oxygen atoms in total. The summed E-state index contributed by atoms with van der Waals surface area (Å²) in [6, 6.07) is 0. The molecule has 68 valence electrons. The zero-order valence-electron chi connectivity index (χ0n) is 8.27. The molecule has 0 N–H and O–H groups in total. The van der Waals surface area contributed by atoms with Gasteiger partial charge in [0.2, 0.25) is 0 Å². The van der Waals surface area contributed by atoms with Crippen LogP contribution in [0.15, 0.2) is 0 Å². The fourth-order valence-corrected chi connectivity index (χ4v) is 2.81. The second-order valence-corrected chi connectivity index (χ2v) is 5.08. The Balaban J connectivity index is 3.32. The molecule has 0 bridgehead atoms. The van der Waals surface area contributed by atoms with Crippen LogP contribution in [0.1, 0.15) is 37.7 Å². The quantitative estimate of drug-likeness (QED) is 0.667. The van der Waals surface area contributed by atoms with E-state index in [1.165, 1.54) is 11.3 Å². The molecule has 1 heterocycles. The van der Waals surface area contributed by atoms with E-state index < -0.39 is 0 Å². The lowest BCUT2D eigenvalue weighted by atomic mass is 9.89. The maximum atomic E-state index is 4.38. The minimum atomic E-state index is 0.187. The van der Waals surface area contributed by atoms with E-state index in [2.05, 4.69) is 62.6 Å². The van der Waals surface area contributed by atoms with E-state index in [1.807, 2.05) is 2.90 Å². The van der Waals surface area contributed by atoms with Crippen LogP contribution >= 0.6 is 22.9 Å². The molecule has 0 saturated heterocycles. The summed E-state index contributed by atoms with van der Waals surface area (Å²) in [7, 11) is 0. The lowest BCUT2D eigenvalue weighted by molar-refractivity contribution is 0.560. The van der Waals surface area contributed by atoms with Crippen molar-refractivity contribution >= 4 is 22.9 Å². The average Bonchev–Trinajstić information content (AvgIpc) is 2.05. The van der Waals surface area contributed by atoms with Crippen LogP contribution in [-0.4, -0.2) is 7.99 Å². The molecule has 0 amide bonds. The summed E-state index contributed by atoms with van der Waals surface area (Å²) < 4.78 is 1.96. The molecule has 0 unspecified atom stereocenters. The monoisotopic (exact) mass is 278 g/mol. The number of aryl methyl sites for hydroxylation is 1. The van der Waals surface area contributed by atoms with Crippen molar-refractivity contribution in [2.45, 2.75) is 40.0 Å². The molecule has 0 atom stereocenters. The van der Waals surface area contributed by atoms with Crippen molar-refractivity contribution in [3.05, 3.63) is 17.0 Å². The van der Waals surface area contributed by atoms with Crippen molar-refractivity contribution in [1.82, 2.24) is 7.99 Å². The maximum Gasteiger partial charge on any atom is 0.0847 e. The number of nitrogens with zero attached hydrogens (tertiary/aromatic N) is 2. The molecule has 1 aromatic heterocycles. The van der Waals surface area contributed by atoms with Crippen LogP contribution < -0.4 is 0 Å². The van der Waals surface area contributed by atoms with Crippen LogP contribution in [0.3, 0.4) is 0 Å². The summed E-state index contributed by atoms with van der Waals surface area (Å²) in [5.41, 5.74) is 3.96. The van der Waals surface area contributed by atoms with E-state index in [9.17, 15) is 0 Å². The Labute approximate surface area is 87.8 Å². The second-order valence-electron chi connectivity index (χ2n) is 4.17. The molecule has 0 aliphatic heterocycles. The minimum Gasteiger partial charge on any atom is -0.207 e. The van der Waals surface area contributed by atoms with Crippen LogP contribution in [0, 0.1) is 13.8 Å². The highest BCUT2D eigenvalue weighted by molar-refractivity contribution is 14.1. The van der Waals surface area contributed by atoms with E-state index in [0.717, 1.165) is 5.69 Å². The number of aromatic nitrogens is 2. The van der Waals surface area contributed by atoms with Crippen molar-refractivity contribution in [2.75, 3.05) is 0 Å². The largest absolute Gasteiger partial charge is 0.207 e. The van der Waals surface area contributed by atoms with E-state index >= 15 is 0 Å². The van der Waals surface area contributed by atoms with Gasteiger partial charge in [0.05, 0.1) is 34.3 Å². The SMILES string of the molecule is Cc1nn(I)c(C(C)(C)C)c1C. The fraction of sp³-hybridized carbons (Fsp3) is 0.667. The zero-order chi connectivity index (χ0) is 9.52. The highest BCUT2D eigenvalue weighted by Gasteiger charge is 2.22. The molecule has 0 spiro atoms. The second kappa shape index (κ2) is 3.01. The molecule has 3 heteroatoms. The van der Waals surface area contributed by atoms with Crippen molar-refractivity contribution in [3.8, 4) is 0 Å². The van der Waals surface area contributed by atoms with E-state index in [1.54, 1.807) is 0 Å². The molecular formula is C9H15IN2. The van der Waals surface area contributed by atoms with Crippen LogP contribution in [0.4, 0.5) is 0 Å². The van der Waals surface area contributed by atoms with Crippen LogP contribution in [0.25, 0.3) is 0 Å². The molecule has 0 aliphatic rings. The lowest BCUT2D eigenvalue weighted by Crippen LogP contribution is -2.15. The molecule has 0 saturated carbocycles. The van der Waals surface area contributed by atoms with Crippen molar-refractivity contribution in [3.63, 3.8) is 0 Å². The standard InChI is InChI=1S/C9H15IN2/c1-6-7(2)11-12(10)8(6)9(3,4)5/h1-5H3. The number of rotatable bonds is 0. The summed E-state index contributed by atoms with van der Waals surface area (Å²) in [4.78, 5) is 0. The van der Waals surface area contributed by atoms with Crippen LogP contribution in [-0.2, 0) is 5.41 Å². The average molecular weight is 278 g/mol. The van der Waals surface area contributed by atoms with Gasteiger partial charge >= 0.3 is 0 Å². The lowest BCUT2D eigenvalue weighted by Gasteiger charge is -2.18. The van der Waals surface area contributed by atoms with Gasteiger partial charge in [0, 0.05) is 5.41 Å². The van der Waals surface area contributed by atoms with Crippen LogP contribution in [0.2, 0.25) is 0 Å². The third kappa shape index (κ3) is 1.65. The Morgan fingerprint density at radius 1 is 1.25 bits per heavy atom. The van der Waals surface area contributed by atoms with Gasteiger partial charge in [-0.1, -0.05) is 20.8 Å². The Morgan fingerprint density at radius 2 is 1.75 bits per heavy atom. The first-order valence-electron chi connectivity index (χ1n) is 4.07. The van der Waals surface area contributed by atoms with Gasteiger partial charge in [-0.2, -0.15) is 5.10 Å². The number of hydrogen-bond acceptors (Lipinski definition) is 1. The van der Waals surface area contributed by atoms with Gasteiger partial charge in [0.1, 0.15) is 0 Å². The summed E-state index contributed by atoms with van der Waals surface area (Å²) in [5, 5.41) is 4.38. The normalized spacial score (nSPS) is 12.2. The first-order valence-corrected chi connectivity index (χ1v) is 5.03. The van der Waals surface area contributed by atoms with Crippen LogP contribution in [0.5, 0.6) is 0 Å². The van der Waals surface area contributed by atoms with E-state index in [4.69, 9.17) is 0 Å². The van der Waals surface area contributed by atoms with Gasteiger partial charge in [0.25, 0.3) is 0 Å². The molecule has 1 aromatic rings. The predicted molar refractivity (Wildman–Crippen MR) is 59.8 cm³/mol.